The second-order valence-corrected chi connectivity index (χ2v) is 6.12. The monoisotopic (exact) mass is 394 g/mol. The highest BCUT2D eigenvalue weighted by Gasteiger charge is 2.07. The lowest BCUT2D eigenvalue weighted by Gasteiger charge is -2.10. The largest absolute Gasteiger partial charge is 0.490 e. The van der Waals surface area contributed by atoms with Crippen molar-refractivity contribution in [2.75, 3.05) is 45.9 Å². The Morgan fingerprint density at radius 2 is 1.81 bits per heavy atom. The molecule has 0 bridgehead atoms. The van der Waals surface area contributed by atoms with E-state index in [1.165, 1.54) is 6.07 Å². The molecule has 0 saturated carbocycles. The number of hydrogen-bond acceptors (Lipinski definition) is 8. The molecule has 2 aromatic rings. The van der Waals surface area contributed by atoms with Gasteiger partial charge >= 0.3 is 11.6 Å². The number of ether oxygens (including phenoxy) is 4. The lowest BCUT2D eigenvalue weighted by Crippen LogP contribution is -2.14. The van der Waals surface area contributed by atoms with Gasteiger partial charge in [0.05, 0.1) is 37.9 Å². The fraction of sp³-hybridized carbons (Fsp3) is 0.368. The average molecular weight is 394 g/mol. The predicted octanol–water partition coefficient (Wildman–Crippen LogP) is 2.66. The molecule has 1 heterocycles. The van der Waals surface area contributed by atoms with Crippen LogP contribution in [0.25, 0.3) is 11.0 Å². The Morgan fingerprint density at radius 1 is 1.11 bits per heavy atom. The molecule has 7 nitrogen and oxygen atoms in total. The van der Waals surface area contributed by atoms with Gasteiger partial charge in [0.25, 0.3) is 0 Å². The summed E-state index contributed by atoms with van der Waals surface area (Å²) in [6.07, 6.45) is 3.05. The Labute approximate surface area is 161 Å². The van der Waals surface area contributed by atoms with Gasteiger partial charge in [-0.1, -0.05) is 6.58 Å². The summed E-state index contributed by atoms with van der Waals surface area (Å²) in [5, 5.41) is 0.741. The lowest BCUT2D eigenvalue weighted by molar-refractivity contribution is -0.139. The number of fused-ring (bicyclic) bond motifs is 1. The number of hydrogen-bond donors (Lipinski definition) is 0. The van der Waals surface area contributed by atoms with E-state index in [0.29, 0.717) is 44.4 Å². The maximum Gasteiger partial charge on any atom is 0.339 e. The molecule has 2 rings (SSSR count). The summed E-state index contributed by atoms with van der Waals surface area (Å²) in [6, 6.07) is 6.95. The zero-order valence-electron chi connectivity index (χ0n) is 15.1. The van der Waals surface area contributed by atoms with Crippen molar-refractivity contribution >= 4 is 28.7 Å². The molecule has 0 N–H and O–H groups in total. The van der Waals surface area contributed by atoms with Crippen molar-refractivity contribution in [2.45, 2.75) is 4.90 Å². The van der Waals surface area contributed by atoms with Gasteiger partial charge < -0.3 is 23.4 Å². The second-order valence-electron chi connectivity index (χ2n) is 5.24. The van der Waals surface area contributed by atoms with E-state index in [-0.39, 0.29) is 6.61 Å². The van der Waals surface area contributed by atoms with Gasteiger partial charge in [0.2, 0.25) is 0 Å². The summed E-state index contributed by atoms with van der Waals surface area (Å²) in [4.78, 5) is 23.5. The third-order valence-corrected chi connectivity index (χ3v) is 4.13. The first-order chi connectivity index (χ1) is 13.1. The van der Waals surface area contributed by atoms with Crippen LogP contribution < -0.4 is 10.4 Å². The predicted molar refractivity (Wildman–Crippen MR) is 103 cm³/mol. The molecule has 8 heteroatoms. The summed E-state index contributed by atoms with van der Waals surface area (Å²) in [5.41, 5.74) is 0.0399. The molecular formula is C19H22O7S. The third-order valence-electron chi connectivity index (χ3n) is 3.41. The van der Waals surface area contributed by atoms with Crippen LogP contribution in [0.15, 0.2) is 51.0 Å². The summed E-state index contributed by atoms with van der Waals surface area (Å²) >= 11 is 1.57. The third kappa shape index (κ3) is 7.09. The molecule has 1 aromatic heterocycles. The normalized spacial score (nSPS) is 10.7. The Morgan fingerprint density at radius 3 is 2.52 bits per heavy atom. The Hall–Kier alpha value is -2.29. The summed E-state index contributed by atoms with van der Waals surface area (Å²) in [7, 11) is 0. The van der Waals surface area contributed by atoms with Crippen LogP contribution in [0.5, 0.6) is 5.75 Å². The van der Waals surface area contributed by atoms with Crippen LogP contribution in [0.2, 0.25) is 0 Å². The maximum absolute atomic E-state index is 11.7. The molecule has 0 spiro atoms. The van der Waals surface area contributed by atoms with Gasteiger partial charge in [-0.05, 0) is 24.5 Å². The highest BCUT2D eigenvalue weighted by Crippen LogP contribution is 2.27. The molecule has 27 heavy (non-hydrogen) atoms. The van der Waals surface area contributed by atoms with Crippen molar-refractivity contribution in [3.8, 4) is 5.75 Å². The van der Waals surface area contributed by atoms with Gasteiger partial charge in [0.15, 0.2) is 0 Å². The first-order valence-electron chi connectivity index (χ1n) is 8.33. The van der Waals surface area contributed by atoms with Gasteiger partial charge in [0, 0.05) is 11.0 Å². The molecule has 0 amide bonds. The van der Waals surface area contributed by atoms with Crippen LogP contribution in [0.3, 0.4) is 0 Å². The standard InChI is InChI=1S/C19H22O7S/c1-3-18(20)25-11-9-23-7-6-22-8-10-24-16-13-19(21)26-17-12-14(27-2)4-5-15(16)17/h3-5,12-13H,1,6-11H2,2H3. The SMILES string of the molecule is C=CC(=O)OCCOCCOCCOc1cc(=O)oc2cc(SC)ccc12. The minimum atomic E-state index is -0.473. The molecule has 0 atom stereocenters. The van der Waals surface area contributed by atoms with Crippen molar-refractivity contribution < 1.29 is 28.2 Å². The van der Waals surface area contributed by atoms with Crippen LogP contribution in [0.1, 0.15) is 0 Å². The van der Waals surface area contributed by atoms with Crippen LogP contribution in [-0.4, -0.2) is 51.9 Å². The molecule has 0 aliphatic heterocycles. The Balaban J connectivity index is 1.68. The smallest absolute Gasteiger partial charge is 0.339 e. The molecule has 0 radical (unpaired) electrons. The van der Waals surface area contributed by atoms with E-state index in [4.69, 9.17) is 23.4 Å². The first kappa shape index (κ1) is 21.0. The molecule has 0 saturated heterocycles. The van der Waals surface area contributed by atoms with Gasteiger partial charge in [-0.3, -0.25) is 0 Å². The van der Waals surface area contributed by atoms with Crippen molar-refractivity contribution in [1.29, 1.82) is 0 Å². The molecule has 0 unspecified atom stereocenters. The van der Waals surface area contributed by atoms with E-state index in [1.54, 1.807) is 11.8 Å². The van der Waals surface area contributed by atoms with Crippen molar-refractivity contribution in [3.63, 3.8) is 0 Å². The molecular weight excluding hydrogens is 372 g/mol. The number of benzene rings is 1. The molecule has 1 aromatic carbocycles. The number of esters is 1. The van der Waals surface area contributed by atoms with Crippen molar-refractivity contribution in [3.05, 3.63) is 47.3 Å². The van der Waals surface area contributed by atoms with Crippen LogP contribution >= 0.6 is 11.8 Å². The maximum atomic E-state index is 11.7. The molecule has 0 aliphatic carbocycles. The summed E-state index contributed by atoms with van der Waals surface area (Å²) in [6.45, 7) is 5.17. The van der Waals surface area contributed by atoms with Crippen LogP contribution in [0.4, 0.5) is 0 Å². The number of thioether (sulfide) groups is 1. The number of carbonyl (C=O) groups is 1. The van der Waals surface area contributed by atoms with E-state index >= 15 is 0 Å². The minimum Gasteiger partial charge on any atom is -0.490 e. The van der Waals surface area contributed by atoms with E-state index in [0.717, 1.165) is 16.4 Å². The fourth-order valence-electron chi connectivity index (χ4n) is 2.15. The highest BCUT2D eigenvalue weighted by molar-refractivity contribution is 7.98. The van der Waals surface area contributed by atoms with Gasteiger partial charge in [-0.15, -0.1) is 11.8 Å². The van der Waals surface area contributed by atoms with Gasteiger partial charge in [0.1, 0.15) is 24.5 Å². The zero-order chi connectivity index (χ0) is 19.5. The van der Waals surface area contributed by atoms with E-state index in [2.05, 4.69) is 6.58 Å². The second kappa shape index (κ2) is 11.4. The number of rotatable bonds is 12. The topological polar surface area (TPSA) is 84.2 Å². The molecule has 0 fully saturated rings. The van der Waals surface area contributed by atoms with Gasteiger partial charge in [-0.2, -0.15) is 0 Å². The van der Waals surface area contributed by atoms with Crippen molar-refractivity contribution in [2.24, 2.45) is 0 Å². The highest BCUT2D eigenvalue weighted by atomic mass is 32.2. The van der Waals surface area contributed by atoms with Crippen LogP contribution in [0, 0.1) is 0 Å². The minimum absolute atomic E-state index is 0.176. The van der Waals surface area contributed by atoms with E-state index in [9.17, 15) is 9.59 Å². The van der Waals surface area contributed by atoms with E-state index < -0.39 is 11.6 Å². The van der Waals surface area contributed by atoms with E-state index in [1.807, 2.05) is 24.5 Å². The van der Waals surface area contributed by atoms with Crippen LogP contribution in [-0.2, 0) is 19.0 Å². The number of carbonyl (C=O) groups excluding carboxylic acids is 1. The Bertz CT molecular complexity index is 815. The van der Waals surface area contributed by atoms with Crippen molar-refractivity contribution in [1.82, 2.24) is 0 Å². The zero-order valence-corrected chi connectivity index (χ0v) is 15.9. The fourth-order valence-corrected chi connectivity index (χ4v) is 2.58. The first-order valence-corrected chi connectivity index (χ1v) is 9.56. The summed E-state index contributed by atoms with van der Waals surface area (Å²) < 4.78 is 26.3. The summed E-state index contributed by atoms with van der Waals surface area (Å²) in [5.74, 6) is -0.00284. The Kier molecular flexibility index (Phi) is 8.90. The average Bonchev–Trinajstić information content (AvgIpc) is 2.68. The quantitative estimate of drug-likeness (QED) is 0.179. The lowest BCUT2D eigenvalue weighted by atomic mass is 10.2. The molecule has 0 aliphatic rings. The molecule has 146 valence electrons. The van der Waals surface area contributed by atoms with Gasteiger partial charge in [-0.25, -0.2) is 9.59 Å².